The Hall–Kier alpha value is -2.34. The molecule has 0 bridgehead atoms. The van der Waals surface area contributed by atoms with Crippen LogP contribution in [-0.4, -0.2) is 21.9 Å². The van der Waals surface area contributed by atoms with Gasteiger partial charge < -0.3 is 16.0 Å². The maximum atomic E-state index is 6.03. The molecular weight excluding hydrogens is 258 g/mol. The van der Waals surface area contributed by atoms with E-state index in [-0.39, 0.29) is 0 Å². The Morgan fingerprint density at radius 1 is 1.47 bits per heavy atom. The molecule has 0 aliphatic carbocycles. The van der Waals surface area contributed by atoms with Gasteiger partial charge in [0.1, 0.15) is 11.6 Å². The molecule has 3 rings (SSSR count). The van der Waals surface area contributed by atoms with Gasteiger partial charge in [-0.3, -0.25) is 0 Å². The molecule has 2 aromatic rings. The zero-order chi connectivity index (χ0) is 13.4. The molecule has 6 heteroatoms. The van der Waals surface area contributed by atoms with Gasteiger partial charge in [0.15, 0.2) is 5.13 Å². The van der Waals surface area contributed by atoms with E-state index in [2.05, 4.69) is 21.9 Å². The van der Waals surface area contributed by atoms with Crippen molar-refractivity contribution < 1.29 is 0 Å². The minimum absolute atomic E-state index is 0.470. The van der Waals surface area contributed by atoms with Crippen molar-refractivity contribution in [3.8, 4) is 0 Å². The maximum absolute atomic E-state index is 6.03. The van der Waals surface area contributed by atoms with Crippen molar-refractivity contribution in [1.29, 1.82) is 0 Å². The van der Waals surface area contributed by atoms with Gasteiger partial charge in [0.05, 0.1) is 0 Å². The van der Waals surface area contributed by atoms with Gasteiger partial charge in [-0.15, -0.1) is 11.3 Å². The van der Waals surface area contributed by atoms with Gasteiger partial charge in [-0.25, -0.2) is 9.97 Å². The lowest BCUT2D eigenvalue weighted by molar-refractivity contribution is 0.656. The summed E-state index contributed by atoms with van der Waals surface area (Å²) in [5.41, 5.74) is 8.78. The molecule has 1 aliphatic heterocycles. The van der Waals surface area contributed by atoms with Crippen LogP contribution >= 0.6 is 11.3 Å². The summed E-state index contributed by atoms with van der Waals surface area (Å²) in [5.74, 6) is 1.16. The number of fused-ring (bicyclic) bond motifs is 1. The van der Waals surface area contributed by atoms with Crippen LogP contribution in [0.2, 0.25) is 0 Å². The Labute approximate surface area is 115 Å². The molecule has 5 nitrogen and oxygen atoms in total. The topological polar surface area (TPSA) is 67.1 Å². The highest BCUT2D eigenvalue weighted by atomic mass is 32.1. The minimum atomic E-state index is 0.470. The number of nitrogen functional groups attached to an aromatic ring is 1. The SMILES string of the molecule is C=C1c2c(cc(Nc3nccs3)nc2N)C=CN1C. The number of anilines is 3. The summed E-state index contributed by atoms with van der Waals surface area (Å²) in [4.78, 5) is 10.4. The van der Waals surface area contributed by atoms with Gasteiger partial charge >= 0.3 is 0 Å². The predicted octanol–water partition coefficient (Wildman–Crippen LogP) is 2.75. The first kappa shape index (κ1) is 11.7. The van der Waals surface area contributed by atoms with Gasteiger partial charge in [-0.1, -0.05) is 6.58 Å². The van der Waals surface area contributed by atoms with Crippen LogP contribution < -0.4 is 11.1 Å². The summed E-state index contributed by atoms with van der Waals surface area (Å²) in [6.45, 7) is 4.03. The number of hydrogen-bond donors (Lipinski definition) is 2. The third-order valence-corrected chi connectivity index (χ3v) is 3.63. The zero-order valence-electron chi connectivity index (χ0n) is 10.4. The molecule has 0 saturated heterocycles. The molecule has 0 amide bonds. The number of nitrogens with zero attached hydrogens (tertiary/aromatic N) is 3. The Kier molecular flexibility index (Phi) is 2.72. The Morgan fingerprint density at radius 2 is 2.32 bits per heavy atom. The monoisotopic (exact) mass is 271 g/mol. The van der Waals surface area contributed by atoms with E-state index in [0.29, 0.717) is 11.6 Å². The van der Waals surface area contributed by atoms with E-state index in [9.17, 15) is 0 Å². The Balaban J connectivity index is 2.02. The molecule has 3 N–H and O–H groups in total. The Bertz CT molecular complexity index is 660. The predicted molar refractivity (Wildman–Crippen MR) is 79.9 cm³/mol. The molecule has 19 heavy (non-hydrogen) atoms. The average molecular weight is 271 g/mol. The lowest BCUT2D eigenvalue weighted by atomic mass is 10.0. The number of aromatic nitrogens is 2. The van der Waals surface area contributed by atoms with E-state index < -0.39 is 0 Å². The number of nitrogens with two attached hydrogens (primary N) is 1. The van der Waals surface area contributed by atoms with Crippen LogP contribution in [0.5, 0.6) is 0 Å². The molecule has 0 aromatic carbocycles. The fourth-order valence-corrected chi connectivity index (χ4v) is 2.48. The van der Waals surface area contributed by atoms with Crippen LogP contribution in [0.25, 0.3) is 11.8 Å². The van der Waals surface area contributed by atoms with Gasteiger partial charge in [-0.2, -0.15) is 0 Å². The molecule has 0 saturated carbocycles. The van der Waals surface area contributed by atoms with Crippen molar-refractivity contribution in [3.63, 3.8) is 0 Å². The molecule has 0 unspecified atom stereocenters. The Morgan fingerprint density at radius 3 is 3.05 bits per heavy atom. The van der Waals surface area contributed by atoms with Crippen LogP contribution in [0.15, 0.2) is 30.4 Å². The summed E-state index contributed by atoms with van der Waals surface area (Å²) >= 11 is 1.52. The second-order valence-corrected chi connectivity index (χ2v) is 5.09. The van der Waals surface area contributed by atoms with Crippen LogP contribution in [0.1, 0.15) is 11.1 Å². The smallest absolute Gasteiger partial charge is 0.188 e. The van der Waals surface area contributed by atoms with Crippen molar-refractivity contribution in [3.05, 3.63) is 41.5 Å². The van der Waals surface area contributed by atoms with Crippen LogP contribution in [-0.2, 0) is 0 Å². The molecule has 1 aliphatic rings. The average Bonchev–Trinajstić information content (AvgIpc) is 2.86. The highest BCUT2D eigenvalue weighted by molar-refractivity contribution is 7.13. The van der Waals surface area contributed by atoms with E-state index in [4.69, 9.17) is 5.73 Å². The largest absolute Gasteiger partial charge is 0.383 e. The van der Waals surface area contributed by atoms with Crippen LogP contribution in [0.3, 0.4) is 0 Å². The molecule has 96 valence electrons. The van der Waals surface area contributed by atoms with E-state index in [1.54, 1.807) is 6.20 Å². The van der Waals surface area contributed by atoms with Crippen molar-refractivity contribution in [2.24, 2.45) is 0 Å². The zero-order valence-corrected chi connectivity index (χ0v) is 11.2. The molecule has 0 radical (unpaired) electrons. The summed E-state index contributed by atoms with van der Waals surface area (Å²) in [6.07, 6.45) is 5.69. The summed E-state index contributed by atoms with van der Waals surface area (Å²) in [5, 5.41) is 5.84. The fourth-order valence-electron chi connectivity index (χ4n) is 1.95. The molecule has 0 fully saturated rings. The molecule has 0 spiro atoms. The normalized spacial score (nSPS) is 13.5. The summed E-state index contributed by atoms with van der Waals surface area (Å²) < 4.78 is 0. The van der Waals surface area contributed by atoms with Crippen molar-refractivity contribution >= 4 is 39.9 Å². The minimum Gasteiger partial charge on any atom is -0.383 e. The number of nitrogens with one attached hydrogen (secondary N) is 1. The molecule has 3 heterocycles. The fraction of sp³-hybridized carbons (Fsp3) is 0.0769. The van der Waals surface area contributed by atoms with Gasteiger partial charge in [-0.05, 0) is 17.7 Å². The number of pyridine rings is 1. The van der Waals surface area contributed by atoms with Crippen molar-refractivity contribution in [2.75, 3.05) is 18.1 Å². The van der Waals surface area contributed by atoms with E-state index in [0.717, 1.165) is 22.0 Å². The maximum Gasteiger partial charge on any atom is 0.188 e. The number of hydrogen-bond acceptors (Lipinski definition) is 6. The highest BCUT2D eigenvalue weighted by Crippen LogP contribution is 2.33. The summed E-state index contributed by atoms with van der Waals surface area (Å²) in [6, 6.07) is 1.95. The van der Waals surface area contributed by atoms with Crippen LogP contribution in [0, 0.1) is 0 Å². The van der Waals surface area contributed by atoms with Crippen LogP contribution in [0.4, 0.5) is 16.8 Å². The van der Waals surface area contributed by atoms with Gasteiger partial charge in [0.2, 0.25) is 0 Å². The first-order chi connectivity index (χ1) is 9.15. The molecule has 0 atom stereocenters. The standard InChI is InChI=1S/C13H13N5S/c1-8-11-9(3-5-18(8)2)7-10(16-12(11)14)17-13-15-4-6-19-13/h3-7H,1H2,2H3,(H3,14,15,16,17). The number of rotatable bonds is 2. The first-order valence-corrected chi connectivity index (χ1v) is 6.60. The number of thiazole rings is 1. The van der Waals surface area contributed by atoms with E-state index in [1.807, 2.05) is 35.7 Å². The summed E-state index contributed by atoms with van der Waals surface area (Å²) in [7, 11) is 1.93. The van der Waals surface area contributed by atoms with Gasteiger partial charge in [0, 0.05) is 36.1 Å². The molecular formula is C13H13N5S. The third-order valence-electron chi connectivity index (χ3n) is 2.94. The van der Waals surface area contributed by atoms with Crippen molar-refractivity contribution in [1.82, 2.24) is 14.9 Å². The van der Waals surface area contributed by atoms with Gasteiger partial charge in [0.25, 0.3) is 0 Å². The quantitative estimate of drug-likeness (QED) is 0.879. The lowest BCUT2D eigenvalue weighted by Gasteiger charge is -2.24. The highest BCUT2D eigenvalue weighted by Gasteiger charge is 2.17. The van der Waals surface area contributed by atoms with Crippen molar-refractivity contribution in [2.45, 2.75) is 0 Å². The second kappa shape index (κ2) is 4.40. The van der Waals surface area contributed by atoms with E-state index in [1.165, 1.54) is 11.3 Å². The lowest BCUT2D eigenvalue weighted by Crippen LogP contribution is -2.15. The van der Waals surface area contributed by atoms with E-state index >= 15 is 0 Å². The molecule has 2 aromatic heterocycles. The second-order valence-electron chi connectivity index (χ2n) is 4.19. The first-order valence-electron chi connectivity index (χ1n) is 5.72. The third kappa shape index (κ3) is 2.06.